The third kappa shape index (κ3) is 4.09. The Kier molecular flexibility index (Phi) is 5.96. The Balaban J connectivity index is 1.62. The number of ether oxygens (including phenoxy) is 2. The lowest BCUT2D eigenvalue weighted by molar-refractivity contribution is -0.116. The Hall–Kier alpha value is -3.65. The van der Waals surface area contributed by atoms with Crippen molar-refractivity contribution < 1.29 is 14.3 Å². The van der Waals surface area contributed by atoms with Gasteiger partial charge in [0.05, 0.1) is 25.9 Å². The van der Waals surface area contributed by atoms with Gasteiger partial charge in [-0.15, -0.1) is 11.3 Å². The summed E-state index contributed by atoms with van der Waals surface area (Å²) >= 11 is 1.42. The number of thiophene rings is 1. The first-order valence-electron chi connectivity index (χ1n) is 9.97. The fourth-order valence-electron chi connectivity index (χ4n) is 3.47. The second-order valence-electron chi connectivity index (χ2n) is 7.42. The van der Waals surface area contributed by atoms with Gasteiger partial charge < -0.3 is 14.8 Å². The maximum absolute atomic E-state index is 13.2. The minimum absolute atomic E-state index is 0.154. The van der Waals surface area contributed by atoms with Gasteiger partial charge in [-0.05, 0) is 42.7 Å². The summed E-state index contributed by atoms with van der Waals surface area (Å²) in [6.45, 7) is 3.94. The van der Waals surface area contributed by atoms with E-state index in [2.05, 4.69) is 23.3 Å². The van der Waals surface area contributed by atoms with Gasteiger partial charge in [-0.2, -0.15) is 0 Å². The third-order valence-corrected chi connectivity index (χ3v) is 6.25. The monoisotopic (exact) mass is 449 g/mol. The third-order valence-electron chi connectivity index (χ3n) is 5.36. The minimum atomic E-state index is -0.344. The predicted molar refractivity (Wildman–Crippen MR) is 127 cm³/mol. The molecule has 2 aromatic carbocycles. The first kappa shape index (κ1) is 21.6. The van der Waals surface area contributed by atoms with Gasteiger partial charge in [-0.1, -0.05) is 18.2 Å². The van der Waals surface area contributed by atoms with Crippen molar-refractivity contribution in [2.75, 3.05) is 19.5 Å². The zero-order chi connectivity index (χ0) is 22.8. The van der Waals surface area contributed by atoms with E-state index < -0.39 is 0 Å². The van der Waals surface area contributed by atoms with Crippen molar-refractivity contribution >= 4 is 33.1 Å². The number of aromatic nitrogens is 2. The van der Waals surface area contributed by atoms with Crippen LogP contribution in [0.2, 0.25) is 0 Å². The topological polar surface area (TPSA) is 82.5 Å². The molecule has 0 unspecified atom stereocenters. The van der Waals surface area contributed by atoms with Crippen LogP contribution in [0.15, 0.2) is 52.9 Å². The van der Waals surface area contributed by atoms with Crippen LogP contribution in [0, 0.1) is 13.8 Å². The molecule has 1 amide bonds. The lowest BCUT2D eigenvalue weighted by Gasteiger charge is -2.11. The number of methoxy groups -OCH3 is 2. The first-order valence-corrected chi connectivity index (χ1v) is 10.9. The van der Waals surface area contributed by atoms with Crippen molar-refractivity contribution in [2.45, 2.75) is 20.4 Å². The molecule has 0 saturated heterocycles. The zero-order valence-electron chi connectivity index (χ0n) is 18.3. The molecule has 0 bridgehead atoms. The second-order valence-corrected chi connectivity index (χ2v) is 8.28. The Morgan fingerprint density at radius 2 is 1.84 bits per heavy atom. The smallest absolute Gasteiger partial charge is 0.263 e. The number of anilines is 1. The van der Waals surface area contributed by atoms with Crippen LogP contribution in [-0.2, 0) is 11.3 Å². The fraction of sp³-hybridized carbons (Fsp3) is 0.208. The molecule has 2 aromatic heterocycles. The molecule has 0 aliphatic carbocycles. The zero-order valence-corrected chi connectivity index (χ0v) is 19.1. The maximum atomic E-state index is 13.2. The van der Waals surface area contributed by atoms with E-state index in [0.717, 1.165) is 16.7 Å². The maximum Gasteiger partial charge on any atom is 0.263 e. The highest BCUT2D eigenvalue weighted by Crippen LogP contribution is 2.32. The highest BCUT2D eigenvalue weighted by Gasteiger charge is 2.15. The number of hydrogen-bond donors (Lipinski definition) is 1. The van der Waals surface area contributed by atoms with Gasteiger partial charge in [0.1, 0.15) is 11.4 Å². The van der Waals surface area contributed by atoms with Crippen LogP contribution in [-0.4, -0.2) is 29.7 Å². The molecule has 0 atom stereocenters. The Morgan fingerprint density at radius 1 is 1.06 bits per heavy atom. The average Bonchev–Trinajstić information content (AvgIpc) is 3.22. The largest absolute Gasteiger partial charge is 0.493 e. The Labute approximate surface area is 189 Å². The van der Waals surface area contributed by atoms with E-state index in [0.29, 0.717) is 27.4 Å². The van der Waals surface area contributed by atoms with E-state index in [9.17, 15) is 9.59 Å². The summed E-state index contributed by atoms with van der Waals surface area (Å²) in [6, 6.07) is 11.2. The molecule has 0 spiro atoms. The highest BCUT2D eigenvalue weighted by atomic mass is 32.1. The molecule has 0 radical (unpaired) electrons. The molecular formula is C24H23N3O4S. The quantitative estimate of drug-likeness (QED) is 0.472. The number of carbonyl (C=O) groups excluding carboxylic acids is 1. The Bertz CT molecular complexity index is 1370. The van der Waals surface area contributed by atoms with Crippen LogP contribution in [0.25, 0.3) is 21.3 Å². The van der Waals surface area contributed by atoms with Gasteiger partial charge in [0, 0.05) is 22.7 Å². The lowest BCUT2D eigenvalue weighted by atomic mass is 10.0. The Morgan fingerprint density at radius 3 is 2.56 bits per heavy atom. The molecule has 8 heteroatoms. The van der Waals surface area contributed by atoms with Gasteiger partial charge in [-0.25, -0.2) is 4.98 Å². The number of nitrogens with zero attached hydrogens (tertiary/aromatic N) is 2. The number of hydrogen-bond acceptors (Lipinski definition) is 6. The number of fused-ring (bicyclic) bond motifs is 1. The van der Waals surface area contributed by atoms with Crippen molar-refractivity contribution in [3.63, 3.8) is 0 Å². The van der Waals surface area contributed by atoms with E-state index >= 15 is 0 Å². The average molecular weight is 450 g/mol. The molecule has 4 rings (SSSR count). The molecule has 0 aliphatic rings. The normalized spacial score (nSPS) is 10.9. The second kappa shape index (κ2) is 8.84. The van der Waals surface area contributed by atoms with E-state index in [-0.39, 0.29) is 18.0 Å². The predicted octanol–water partition coefficient (Wildman–Crippen LogP) is 4.40. The van der Waals surface area contributed by atoms with E-state index in [1.165, 1.54) is 34.9 Å². The molecule has 4 aromatic rings. The molecule has 0 aliphatic heterocycles. The first-order chi connectivity index (χ1) is 15.4. The van der Waals surface area contributed by atoms with Crippen LogP contribution in [0.5, 0.6) is 11.5 Å². The summed E-state index contributed by atoms with van der Waals surface area (Å²) in [7, 11) is 3.07. The van der Waals surface area contributed by atoms with E-state index in [1.807, 2.05) is 24.4 Å². The number of nitrogens with one attached hydrogen (secondary N) is 1. The van der Waals surface area contributed by atoms with Crippen LogP contribution >= 0.6 is 11.3 Å². The van der Waals surface area contributed by atoms with Gasteiger partial charge >= 0.3 is 0 Å². The number of aryl methyl sites for hydroxylation is 2. The van der Waals surface area contributed by atoms with Gasteiger partial charge in [-0.3, -0.25) is 14.2 Å². The molecule has 7 nitrogen and oxygen atoms in total. The lowest BCUT2D eigenvalue weighted by Crippen LogP contribution is -2.27. The van der Waals surface area contributed by atoms with Crippen LogP contribution < -0.4 is 20.3 Å². The number of benzene rings is 2. The van der Waals surface area contributed by atoms with Crippen molar-refractivity contribution in [1.29, 1.82) is 0 Å². The molecule has 0 saturated carbocycles. The SMILES string of the molecule is COc1ccc(NC(=O)Cn2cnc3scc(-c4ccc(C)c(C)c4)c3c2=O)cc1OC. The standard InChI is InChI=1S/C24H23N3O4S/c1-14-5-6-16(9-15(14)2)18-12-32-23-22(18)24(29)27(13-25-23)11-21(28)26-17-7-8-19(30-3)20(10-17)31-4/h5-10,12-13H,11H2,1-4H3,(H,26,28). The van der Waals surface area contributed by atoms with Gasteiger partial charge in [0.2, 0.25) is 5.91 Å². The molecule has 1 N–H and O–H groups in total. The number of rotatable bonds is 6. The molecule has 32 heavy (non-hydrogen) atoms. The van der Waals surface area contributed by atoms with Crippen molar-refractivity contribution in [3.05, 3.63) is 69.6 Å². The summed E-state index contributed by atoms with van der Waals surface area (Å²) in [5.74, 6) is 0.720. The van der Waals surface area contributed by atoms with Crippen molar-refractivity contribution in [1.82, 2.24) is 9.55 Å². The van der Waals surface area contributed by atoms with Crippen LogP contribution in [0.3, 0.4) is 0 Å². The minimum Gasteiger partial charge on any atom is -0.493 e. The summed E-state index contributed by atoms with van der Waals surface area (Å²) in [6.07, 6.45) is 1.42. The highest BCUT2D eigenvalue weighted by molar-refractivity contribution is 7.17. The molecule has 164 valence electrons. The number of amides is 1. The van der Waals surface area contributed by atoms with E-state index in [1.54, 1.807) is 25.3 Å². The molecule has 2 heterocycles. The summed E-state index contributed by atoms with van der Waals surface area (Å²) < 4.78 is 11.8. The summed E-state index contributed by atoms with van der Waals surface area (Å²) in [4.78, 5) is 30.9. The van der Waals surface area contributed by atoms with Crippen LogP contribution in [0.1, 0.15) is 11.1 Å². The molecular weight excluding hydrogens is 426 g/mol. The molecule has 0 fully saturated rings. The van der Waals surface area contributed by atoms with Gasteiger partial charge in [0.15, 0.2) is 11.5 Å². The fourth-order valence-corrected chi connectivity index (χ4v) is 4.38. The number of carbonyl (C=O) groups is 1. The van der Waals surface area contributed by atoms with Crippen LogP contribution in [0.4, 0.5) is 5.69 Å². The summed E-state index contributed by atoms with van der Waals surface area (Å²) in [5, 5.41) is 5.26. The van der Waals surface area contributed by atoms with Crippen molar-refractivity contribution in [3.8, 4) is 22.6 Å². The van der Waals surface area contributed by atoms with Crippen molar-refractivity contribution in [2.24, 2.45) is 0 Å². The van der Waals surface area contributed by atoms with Gasteiger partial charge in [0.25, 0.3) is 5.56 Å². The summed E-state index contributed by atoms with van der Waals surface area (Å²) in [5.41, 5.74) is 4.44. The van der Waals surface area contributed by atoms with E-state index in [4.69, 9.17) is 9.47 Å².